The van der Waals surface area contributed by atoms with Crippen molar-refractivity contribution in [3.63, 3.8) is 0 Å². The van der Waals surface area contributed by atoms with Crippen LogP contribution in [0.3, 0.4) is 0 Å². The lowest BCUT2D eigenvalue weighted by molar-refractivity contribution is -0.138. The van der Waals surface area contributed by atoms with Gasteiger partial charge >= 0.3 is 5.97 Å². The van der Waals surface area contributed by atoms with Crippen LogP contribution in [0.15, 0.2) is 66.7 Å². The van der Waals surface area contributed by atoms with Crippen molar-refractivity contribution in [2.24, 2.45) is 0 Å². The van der Waals surface area contributed by atoms with E-state index < -0.39 is 11.9 Å². The third kappa shape index (κ3) is 5.41. The second kappa shape index (κ2) is 10.1. The zero-order valence-corrected chi connectivity index (χ0v) is 20.4. The number of carbonyl (C=O) groups is 2. The molecule has 35 heavy (non-hydrogen) atoms. The molecule has 0 bridgehead atoms. The number of amides is 1. The number of fused-ring (bicyclic) bond motifs is 1. The van der Waals surface area contributed by atoms with Gasteiger partial charge in [0, 0.05) is 37.3 Å². The van der Waals surface area contributed by atoms with Crippen molar-refractivity contribution < 1.29 is 14.7 Å². The molecule has 0 aliphatic rings. The molecule has 0 aliphatic carbocycles. The summed E-state index contributed by atoms with van der Waals surface area (Å²) in [5, 5.41) is 14.6. The Hall–Kier alpha value is -3.97. The highest BCUT2D eigenvalue weighted by Crippen LogP contribution is 2.31. The van der Waals surface area contributed by atoms with E-state index in [2.05, 4.69) is 15.3 Å². The molecule has 8 heteroatoms. The quantitative estimate of drug-likeness (QED) is 0.339. The average molecular weight is 489 g/mol. The molecule has 0 fully saturated rings. The number of hydrogen-bond donors (Lipinski definition) is 2. The Kier molecular flexibility index (Phi) is 6.98. The maximum absolute atomic E-state index is 12.7. The van der Waals surface area contributed by atoms with Gasteiger partial charge in [0.25, 0.3) is 5.91 Å². The van der Waals surface area contributed by atoms with Gasteiger partial charge in [-0.15, -0.1) is 0 Å². The monoisotopic (exact) mass is 488 g/mol. The predicted octanol–water partition coefficient (Wildman–Crippen LogP) is 5.38. The largest absolute Gasteiger partial charge is 0.481 e. The summed E-state index contributed by atoms with van der Waals surface area (Å²) < 4.78 is 0. The van der Waals surface area contributed by atoms with Gasteiger partial charge in [-0.3, -0.25) is 9.59 Å². The van der Waals surface area contributed by atoms with Crippen molar-refractivity contribution in [2.75, 3.05) is 24.3 Å². The average Bonchev–Trinajstić information content (AvgIpc) is 2.84. The van der Waals surface area contributed by atoms with E-state index in [1.54, 1.807) is 25.9 Å². The molecular weight excluding hydrogens is 464 g/mol. The van der Waals surface area contributed by atoms with Crippen molar-refractivity contribution in [1.29, 1.82) is 0 Å². The third-order valence-corrected chi connectivity index (χ3v) is 6.03. The molecule has 0 spiro atoms. The molecule has 178 valence electrons. The van der Waals surface area contributed by atoms with Crippen molar-refractivity contribution >= 4 is 45.8 Å². The number of halogens is 1. The number of carboxylic acid groups (broad SMARTS) is 1. The van der Waals surface area contributed by atoms with Crippen LogP contribution in [-0.2, 0) is 11.2 Å². The van der Waals surface area contributed by atoms with E-state index in [-0.39, 0.29) is 11.1 Å². The van der Waals surface area contributed by atoms with Crippen LogP contribution in [0.1, 0.15) is 40.2 Å². The van der Waals surface area contributed by atoms with Crippen LogP contribution in [0, 0.1) is 0 Å². The fourth-order valence-corrected chi connectivity index (χ4v) is 4.16. The number of carboxylic acids is 1. The maximum Gasteiger partial charge on any atom is 0.310 e. The Morgan fingerprint density at radius 3 is 2.34 bits per heavy atom. The first-order valence-electron chi connectivity index (χ1n) is 11.1. The summed E-state index contributed by atoms with van der Waals surface area (Å²) in [4.78, 5) is 34.9. The minimum atomic E-state index is -0.993. The van der Waals surface area contributed by atoms with E-state index >= 15 is 0 Å². The number of aliphatic carboxylic acids is 1. The van der Waals surface area contributed by atoms with Gasteiger partial charge in [0.1, 0.15) is 16.8 Å². The van der Waals surface area contributed by atoms with Gasteiger partial charge in [-0.25, -0.2) is 9.97 Å². The lowest BCUT2D eigenvalue weighted by Gasteiger charge is -2.20. The summed E-state index contributed by atoms with van der Waals surface area (Å²) in [6, 6.07) is 20.9. The van der Waals surface area contributed by atoms with Crippen LogP contribution in [0.4, 0.5) is 11.5 Å². The minimum Gasteiger partial charge on any atom is -0.481 e. The zero-order chi connectivity index (χ0) is 25.1. The highest BCUT2D eigenvalue weighted by atomic mass is 35.5. The van der Waals surface area contributed by atoms with Crippen LogP contribution < -0.4 is 10.2 Å². The molecular formula is C27H25ClN4O3. The molecule has 0 saturated heterocycles. The Morgan fingerprint density at radius 2 is 1.69 bits per heavy atom. The zero-order valence-electron chi connectivity index (χ0n) is 19.6. The summed E-state index contributed by atoms with van der Waals surface area (Å²) in [5.74, 6) is -1.05. The molecule has 1 amide bonds. The molecule has 0 saturated carbocycles. The van der Waals surface area contributed by atoms with Gasteiger partial charge in [0.05, 0.1) is 5.92 Å². The van der Waals surface area contributed by atoms with E-state index in [0.717, 1.165) is 16.3 Å². The number of anilines is 2. The molecule has 1 atom stereocenters. The first-order chi connectivity index (χ1) is 16.7. The molecule has 3 aromatic carbocycles. The van der Waals surface area contributed by atoms with Crippen LogP contribution >= 0.6 is 11.6 Å². The first-order valence-corrected chi connectivity index (χ1v) is 11.5. The number of benzene rings is 3. The summed E-state index contributed by atoms with van der Waals surface area (Å²) in [6.07, 6.45) is 0.404. The molecule has 0 radical (unpaired) electrons. The normalized spacial score (nSPS) is 11.8. The Balaban J connectivity index is 1.50. The molecule has 1 heterocycles. The summed E-state index contributed by atoms with van der Waals surface area (Å²) in [5.41, 5.74) is 2.57. The number of carbonyl (C=O) groups excluding carboxylic acids is 1. The lowest BCUT2D eigenvalue weighted by Crippen LogP contribution is -2.20. The molecule has 7 nitrogen and oxygen atoms in total. The van der Waals surface area contributed by atoms with E-state index in [9.17, 15) is 14.7 Å². The van der Waals surface area contributed by atoms with Crippen molar-refractivity contribution in [2.45, 2.75) is 19.3 Å². The maximum atomic E-state index is 12.7. The van der Waals surface area contributed by atoms with Gasteiger partial charge in [-0.05, 0) is 47.5 Å². The van der Waals surface area contributed by atoms with E-state index in [1.807, 2.05) is 66.7 Å². The van der Waals surface area contributed by atoms with E-state index in [0.29, 0.717) is 34.9 Å². The second-order valence-electron chi connectivity index (χ2n) is 8.51. The van der Waals surface area contributed by atoms with Crippen molar-refractivity contribution in [3.8, 4) is 0 Å². The predicted molar refractivity (Wildman–Crippen MR) is 139 cm³/mol. The Morgan fingerprint density at radius 1 is 1.00 bits per heavy atom. The molecule has 4 rings (SSSR count). The fourth-order valence-electron chi connectivity index (χ4n) is 3.81. The minimum absolute atomic E-state index is 0.132. The molecule has 4 aromatic rings. The van der Waals surface area contributed by atoms with Crippen LogP contribution in [0.2, 0.25) is 5.15 Å². The number of nitrogens with zero attached hydrogens (tertiary/aromatic N) is 3. The van der Waals surface area contributed by atoms with Crippen LogP contribution in [0.25, 0.3) is 10.8 Å². The second-order valence-corrected chi connectivity index (χ2v) is 8.87. The first kappa shape index (κ1) is 24.2. The van der Waals surface area contributed by atoms with Crippen molar-refractivity contribution in [3.05, 3.63) is 94.4 Å². The topological polar surface area (TPSA) is 95.4 Å². The van der Waals surface area contributed by atoms with Crippen LogP contribution in [0.5, 0.6) is 0 Å². The summed E-state index contributed by atoms with van der Waals surface area (Å²) in [6.45, 7) is 1.56. The number of hydrogen-bond acceptors (Lipinski definition) is 5. The Labute approximate surface area is 208 Å². The van der Waals surface area contributed by atoms with Gasteiger partial charge in [-0.1, -0.05) is 54.1 Å². The number of rotatable bonds is 7. The highest BCUT2D eigenvalue weighted by molar-refractivity contribution is 6.30. The highest BCUT2D eigenvalue weighted by Gasteiger charge is 2.25. The fraction of sp³-hybridized carbons (Fsp3) is 0.185. The van der Waals surface area contributed by atoms with Crippen molar-refractivity contribution in [1.82, 2.24) is 9.97 Å². The van der Waals surface area contributed by atoms with Gasteiger partial charge in [0.15, 0.2) is 0 Å². The van der Waals surface area contributed by atoms with Gasteiger partial charge < -0.3 is 15.3 Å². The third-order valence-electron chi connectivity index (χ3n) is 5.74. The van der Waals surface area contributed by atoms with E-state index in [4.69, 9.17) is 11.6 Å². The molecule has 1 aromatic heterocycles. The van der Waals surface area contributed by atoms with E-state index in [1.165, 1.54) is 0 Å². The Bertz CT molecular complexity index is 1400. The number of nitrogens with one attached hydrogen (secondary N) is 1. The standard InChI is InChI=1S/C27H25ClN4O3/c1-16(27(34)35)23-24(28)30-22(31-25(23)32(2)3)14-17-8-12-21(13-9-17)29-26(33)20-11-10-18-6-4-5-7-19(18)15-20/h4-13,15-16H,14H2,1-3H3,(H,29,33)(H,34,35). The van der Waals surface area contributed by atoms with Crippen LogP contribution in [-0.4, -0.2) is 41.0 Å². The summed E-state index contributed by atoms with van der Waals surface area (Å²) >= 11 is 6.37. The lowest BCUT2D eigenvalue weighted by atomic mass is 10.0. The molecule has 0 aliphatic heterocycles. The molecule has 1 unspecified atom stereocenters. The smallest absolute Gasteiger partial charge is 0.310 e. The van der Waals surface area contributed by atoms with Gasteiger partial charge in [-0.2, -0.15) is 0 Å². The SMILES string of the molecule is CC(C(=O)O)c1c(Cl)nc(Cc2ccc(NC(=O)c3ccc4ccccc4c3)cc2)nc1N(C)C. The van der Waals surface area contributed by atoms with Gasteiger partial charge in [0.2, 0.25) is 0 Å². The molecule has 2 N–H and O–H groups in total. The number of aromatic nitrogens is 2. The summed E-state index contributed by atoms with van der Waals surface area (Å²) in [7, 11) is 3.57.